The number of hydrogen-bond acceptors (Lipinski definition) is 5. The fraction of sp³-hybridized carbons (Fsp3) is 0.417. The molecule has 7 heteroatoms. The zero-order valence-corrected chi connectivity index (χ0v) is 11.1. The molecule has 0 aliphatic carbocycles. The summed E-state index contributed by atoms with van der Waals surface area (Å²) in [7, 11) is 0. The number of rotatable bonds is 3. The van der Waals surface area contributed by atoms with Gasteiger partial charge in [-0.25, -0.2) is 4.79 Å². The highest BCUT2D eigenvalue weighted by molar-refractivity contribution is 8.00. The number of aromatic hydroxyl groups is 1. The molecular weight excluding hydrogens is 268 g/mol. The summed E-state index contributed by atoms with van der Waals surface area (Å²) in [5, 5.41) is 18.7. The molecule has 0 radical (unpaired) electrons. The molecule has 1 aromatic rings. The highest BCUT2D eigenvalue weighted by Gasteiger charge is 2.41. The fourth-order valence-electron chi connectivity index (χ4n) is 2.05. The molecule has 1 aromatic heterocycles. The van der Waals surface area contributed by atoms with Crippen molar-refractivity contribution < 1.29 is 19.8 Å². The average molecular weight is 282 g/mol. The molecule has 0 spiro atoms. The minimum atomic E-state index is -1.02. The monoisotopic (exact) mass is 282 g/mol. The maximum absolute atomic E-state index is 12.4. The molecule has 0 bridgehead atoms. The third-order valence-corrected chi connectivity index (χ3v) is 4.45. The van der Waals surface area contributed by atoms with Gasteiger partial charge in [-0.15, -0.1) is 11.8 Å². The van der Waals surface area contributed by atoms with E-state index in [2.05, 4.69) is 4.98 Å². The Labute approximate surface area is 114 Å². The predicted octanol–water partition coefficient (Wildman–Crippen LogP) is 1.17. The number of carboxylic acids is 1. The van der Waals surface area contributed by atoms with Crippen LogP contribution in [-0.2, 0) is 4.79 Å². The van der Waals surface area contributed by atoms with Crippen LogP contribution in [-0.4, -0.2) is 49.1 Å². The topological polar surface area (TPSA) is 90.7 Å². The van der Waals surface area contributed by atoms with Crippen LogP contribution in [0.15, 0.2) is 18.5 Å². The number of carbonyl (C=O) groups excluding carboxylic acids is 1. The first-order valence-electron chi connectivity index (χ1n) is 5.86. The number of pyridine rings is 1. The third-order valence-electron chi connectivity index (χ3n) is 2.99. The smallest absolute Gasteiger partial charge is 0.327 e. The molecule has 1 saturated heterocycles. The molecule has 2 rings (SSSR count). The molecule has 1 fully saturated rings. The van der Waals surface area contributed by atoms with Crippen LogP contribution in [0.5, 0.6) is 5.75 Å². The number of hydrogen-bond donors (Lipinski definition) is 2. The summed E-state index contributed by atoms with van der Waals surface area (Å²) in [5.41, 5.74) is 0.0854. The van der Waals surface area contributed by atoms with Gasteiger partial charge in [-0.1, -0.05) is 6.92 Å². The van der Waals surface area contributed by atoms with Crippen LogP contribution in [0.3, 0.4) is 0 Å². The standard InChI is InChI=1S/C12H14N2O4S/c1-2-10-14(8(6-19-10)12(17)18)11(16)7-3-4-13-5-9(7)15/h3-5,8,10,15H,2,6H2,1H3,(H,17,18). The number of amides is 1. The van der Waals surface area contributed by atoms with E-state index in [9.17, 15) is 19.8 Å². The Morgan fingerprint density at radius 3 is 2.89 bits per heavy atom. The maximum atomic E-state index is 12.4. The van der Waals surface area contributed by atoms with Crippen molar-refractivity contribution in [1.82, 2.24) is 9.88 Å². The molecule has 19 heavy (non-hydrogen) atoms. The molecule has 2 heterocycles. The van der Waals surface area contributed by atoms with E-state index < -0.39 is 17.9 Å². The lowest BCUT2D eigenvalue weighted by Crippen LogP contribution is -2.45. The molecule has 2 unspecified atom stereocenters. The summed E-state index contributed by atoms with van der Waals surface area (Å²) >= 11 is 1.44. The van der Waals surface area contributed by atoms with E-state index in [1.54, 1.807) is 0 Å². The van der Waals surface area contributed by atoms with Crippen LogP contribution < -0.4 is 0 Å². The van der Waals surface area contributed by atoms with Crippen LogP contribution in [0.4, 0.5) is 0 Å². The minimum Gasteiger partial charge on any atom is -0.505 e. The van der Waals surface area contributed by atoms with Crippen molar-refractivity contribution in [3.8, 4) is 5.75 Å². The zero-order chi connectivity index (χ0) is 14.0. The van der Waals surface area contributed by atoms with Crippen LogP contribution in [0.2, 0.25) is 0 Å². The lowest BCUT2D eigenvalue weighted by atomic mass is 10.1. The molecule has 1 amide bonds. The predicted molar refractivity (Wildman–Crippen MR) is 70.0 cm³/mol. The first-order chi connectivity index (χ1) is 9.06. The van der Waals surface area contributed by atoms with E-state index >= 15 is 0 Å². The van der Waals surface area contributed by atoms with Crippen molar-refractivity contribution in [2.75, 3.05) is 5.75 Å². The highest BCUT2D eigenvalue weighted by atomic mass is 32.2. The van der Waals surface area contributed by atoms with Crippen molar-refractivity contribution in [2.45, 2.75) is 24.8 Å². The summed E-state index contributed by atoms with van der Waals surface area (Å²) < 4.78 is 0. The number of nitrogens with zero attached hydrogens (tertiary/aromatic N) is 2. The number of carboxylic acid groups (broad SMARTS) is 1. The highest BCUT2D eigenvalue weighted by Crippen LogP contribution is 2.33. The Kier molecular flexibility index (Phi) is 3.94. The van der Waals surface area contributed by atoms with Crippen molar-refractivity contribution in [2.24, 2.45) is 0 Å². The van der Waals surface area contributed by atoms with Gasteiger partial charge >= 0.3 is 5.97 Å². The number of aliphatic carboxylic acids is 1. The van der Waals surface area contributed by atoms with Crippen molar-refractivity contribution in [1.29, 1.82) is 0 Å². The molecule has 102 valence electrons. The molecule has 2 N–H and O–H groups in total. The van der Waals surface area contributed by atoms with Gasteiger partial charge in [0.15, 0.2) is 0 Å². The molecule has 1 aliphatic heterocycles. The Balaban J connectivity index is 2.34. The average Bonchev–Trinajstić information content (AvgIpc) is 2.82. The Morgan fingerprint density at radius 2 is 2.32 bits per heavy atom. The Morgan fingerprint density at radius 1 is 1.58 bits per heavy atom. The summed E-state index contributed by atoms with van der Waals surface area (Å²) in [6.07, 6.45) is 3.23. The quantitative estimate of drug-likeness (QED) is 0.864. The largest absolute Gasteiger partial charge is 0.505 e. The number of thioether (sulfide) groups is 1. The van der Waals surface area contributed by atoms with Gasteiger partial charge in [0.05, 0.1) is 17.1 Å². The molecule has 0 saturated carbocycles. The molecule has 2 atom stereocenters. The summed E-state index contributed by atoms with van der Waals surface area (Å²) in [5.74, 6) is -1.36. The second-order valence-electron chi connectivity index (χ2n) is 4.16. The SMILES string of the molecule is CCC1SCC(C(=O)O)N1C(=O)c1ccncc1O. The first kappa shape index (κ1) is 13.7. The van der Waals surface area contributed by atoms with Gasteiger partial charge in [0.1, 0.15) is 11.8 Å². The second-order valence-corrected chi connectivity index (χ2v) is 5.37. The van der Waals surface area contributed by atoms with Gasteiger partial charge < -0.3 is 15.1 Å². The second kappa shape index (κ2) is 5.48. The number of aromatic nitrogens is 1. The minimum absolute atomic E-state index is 0.0854. The maximum Gasteiger partial charge on any atom is 0.327 e. The van der Waals surface area contributed by atoms with E-state index in [0.29, 0.717) is 12.2 Å². The molecular formula is C12H14N2O4S. The number of carbonyl (C=O) groups is 2. The van der Waals surface area contributed by atoms with E-state index in [4.69, 9.17) is 0 Å². The van der Waals surface area contributed by atoms with Crippen LogP contribution >= 0.6 is 11.8 Å². The Hall–Kier alpha value is -1.76. The van der Waals surface area contributed by atoms with Crippen molar-refractivity contribution in [3.63, 3.8) is 0 Å². The van der Waals surface area contributed by atoms with Crippen molar-refractivity contribution >= 4 is 23.6 Å². The molecule has 1 aliphatic rings. The third kappa shape index (κ3) is 2.51. The fourth-order valence-corrected chi connectivity index (χ4v) is 3.39. The lowest BCUT2D eigenvalue weighted by molar-refractivity contribution is -0.141. The zero-order valence-electron chi connectivity index (χ0n) is 10.3. The van der Waals surface area contributed by atoms with E-state index in [-0.39, 0.29) is 16.7 Å². The van der Waals surface area contributed by atoms with Crippen LogP contribution in [0.1, 0.15) is 23.7 Å². The Bertz CT molecular complexity index is 508. The van der Waals surface area contributed by atoms with Gasteiger partial charge in [0.25, 0.3) is 5.91 Å². The van der Waals surface area contributed by atoms with Gasteiger partial charge in [-0.05, 0) is 12.5 Å². The van der Waals surface area contributed by atoms with E-state index in [0.717, 1.165) is 0 Å². The summed E-state index contributed by atoms with van der Waals surface area (Å²) in [6, 6.07) is 0.543. The van der Waals surface area contributed by atoms with Gasteiger partial charge in [0, 0.05) is 11.9 Å². The molecule has 6 nitrogen and oxygen atoms in total. The van der Waals surface area contributed by atoms with E-state index in [1.165, 1.54) is 35.1 Å². The van der Waals surface area contributed by atoms with Crippen LogP contribution in [0.25, 0.3) is 0 Å². The van der Waals surface area contributed by atoms with Crippen molar-refractivity contribution in [3.05, 3.63) is 24.0 Å². The van der Waals surface area contributed by atoms with Gasteiger partial charge in [-0.2, -0.15) is 0 Å². The van der Waals surface area contributed by atoms with E-state index in [1.807, 2.05) is 6.92 Å². The summed E-state index contributed by atoms with van der Waals surface area (Å²) in [6.45, 7) is 1.90. The lowest BCUT2D eigenvalue weighted by Gasteiger charge is -2.26. The normalized spacial score (nSPS) is 22.5. The summed E-state index contributed by atoms with van der Waals surface area (Å²) in [4.78, 5) is 28.7. The van der Waals surface area contributed by atoms with Gasteiger partial charge in [-0.3, -0.25) is 9.78 Å². The first-order valence-corrected chi connectivity index (χ1v) is 6.91. The van der Waals surface area contributed by atoms with Gasteiger partial charge in [0.2, 0.25) is 0 Å². The van der Waals surface area contributed by atoms with Crippen LogP contribution in [0, 0.1) is 0 Å². The molecule has 0 aromatic carbocycles.